The van der Waals surface area contributed by atoms with Crippen molar-refractivity contribution in [1.29, 1.82) is 0 Å². The van der Waals surface area contributed by atoms with Gasteiger partial charge in [-0.25, -0.2) is 4.39 Å². The van der Waals surface area contributed by atoms with Gasteiger partial charge in [0.25, 0.3) is 0 Å². The van der Waals surface area contributed by atoms with Crippen LogP contribution in [0.1, 0.15) is 47.2 Å². The SMILES string of the molecule is CC1(C)c2ccccc2-c2ccc(N(c3ccc(-c4ccccc4)cc3)c3ccc4c(c3)C(c3ccccc3)(c3ccccc3)c3cc(-c5cc6ccc7cccc8c7c6c(c5)n8-c5ccc(F)cc5)ccc3-4)cc21. The van der Waals surface area contributed by atoms with Gasteiger partial charge >= 0.3 is 0 Å². The number of halogens is 1. The van der Waals surface area contributed by atoms with Crippen LogP contribution in [0.2, 0.25) is 0 Å². The van der Waals surface area contributed by atoms with Gasteiger partial charge in [-0.1, -0.05) is 190 Å². The van der Waals surface area contributed by atoms with Gasteiger partial charge in [-0.15, -0.1) is 0 Å². The molecule has 3 heteroatoms. The van der Waals surface area contributed by atoms with Gasteiger partial charge in [0.15, 0.2) is 0 Å². The maximum atomic E-state index is 14.5. The van der Waals surface area contributed by atoms with Gasteiger partial charge in [0.05, 0.1) is 16.4 Å². The normalized spacial score (nSPS) is 13.7. The zero-order valence-corrected chi connectivity index (χ0v) is 41.6. The predicted molar refractivity (Wildman–Crippen MR) is 310 cm³/mol. The lowest BCUT2D eigenvalue weighted by molar-refractivity contribution is 0.627. The standard InChI is InChI=1S/C72H49FN2/c1-71(2)63-23-13-12-22-59(63)60-39-36-57(44-64(60)71)74(55-32-27-47(28-33-55)46-15-6-3-7-16-46)58-37-40-62-61-38-29-49(42-65(61)72(66(62)45-58,52-18-8-4-9-19-52)53-20-10-5-11-21-53)51-41-50-26-25-48-17-14-24-67-69(48)70(50)68(43-51)75(67)56-34-30-54(73)31-35-56/h3-45H,1-2H3. The van der Waals surface area contributed by atoms with Crippen LogP contribution in [0.4, 0.5) is 21.5 Å². The Balaban J connectivity index is 0.953. The number of rotatable bonds is 8. The van der Waals surface area contributed by atoms with Crippen LogP contribution < -0.4 is 4.90 Å². The lowest BCUT2D eigenvalue weighted by Gasteiger charge is -2.35. The van der Waals surface area contributed by atoms with Crippen molar-refractivity contribution in [2.75, 3.05) is 4.90 Å². The minimum absolute atomic E-state index is 0.170. The molecule has 0 aliphatic heterocycles. The van der Waals surface area contributed by atoms with E-state index < -0.39 is 5.41 Å². The van der Waals surface area contributed by atoms with Gasteiger partial charge < -0.3 is 9.47 Å². The minimum Gasteiger partial charge on any atom is -0.310 e. The fourth-order valence-corrected chi connectivity index (χ4v) is 13.2. The summed E-state index contributed by atoms with van der Waals surface area (Å²) in [6.45, 7) is 4.72. The summed E-state index contributed by atoms with van der Waals surface area (Å²) in [7, 11) is 0. The molecule has 2 nitrogen and oxygen atoms in total. The lowest BCUT2D eigenvalue weighted by Crippen LogP contribution is -2.28. The molecule has 0 atom stereocenters. The first-order chi connectivity index (χ1) is 36.8. The van der Waals surface area contributed by atoms with Crippen molar-refractivity contribution in [2.45, 2.75) is 24.7 Å². The summed E-state index contributed by atoms with van der Waals surface area (Å²) >= 11 is 0. The maximum absolute atomic E-state index is 14.5. The topological polar surface area (TPSA) is 8.17 Å². The van der Waals surface area contributed by atoms with Gasteiger partial charge in [-0.2, -0.15) is 0 Å². The fraction of sp³-hybridized carbons (Fsp3) is 0.0556. The molecule has 2 aliphatic rings. The molecule has 0 saturated carbocycles. The van der Waals surface area contributed by atoms with Crippen LogP contribution in [-0.4, -0.2) is 4.57 Å². The van der Waals surface area contributed by atoms with Crippen molar-refractivity contribution in [3.05, 3.63) is 300 Å². The number of aromatic nitrogens is 1. The van der Waals surface area contributed by atoms with E-state index in [9.17, 15) is 4.39 Å². The molecule has 0 radical (unpaired) electrons. The first-order valence-corrected chi connectivity index (χ1v) is 26.0. The molecule has 0 unspecified atom stereocenters. The van der Waals surface area contributed by atoms with Crippen molar-refractivity contribution in [2.24, 2.45) is 0 Å². The van der Waals surface area contributed by atoms with Crippen LogP contribution in [0.15, 0.2) is 261 Å². The highest BCUT2D eigenvalue weighted by Gasteiger charge is 2.47. The molecule has 354 valence electrons. The molecule has 2 aliphatic carbocycles. The Bertz CT molecular complexity index is 4320. The number of anilines is 3. The molecule has 0 amide bonds. The highest BCUT2D eigenvalue weighted by Crippen LogP contribution is 2.59. The quantitative estimate of drug-likeness (QED) is 0.138. The first-order valence-electron chi connectivity index (χ1n) is 26.0. The van der Waals surface area contributed by atoms with Gasteiger partial charge in [0.1, 0.15) is 5.82 Å². The second-order valence-electron chi connectivity index (χ2n) is 21.0. The van der Waals surface area contributed by atoms with E-state index >= 15 is 0 Å². The summed E-state index contributed by atoms with van der Waals surface area (Å²) in [5.74, 6) is -0.247. The monoisotopic (exact) mass is 960 g/mol. The molecule has 13 aromatic rings. The fourth-order valence-electron chi connectivity index (χ4n) is 13.2. The van der Waals surface area contributed by atoms with Crippen LogP contribution in [0.5, 0.6) is 0 Å². The van der Waals surface area contributed by atoms with Crippen molar-refractivity contribution in [3.8, 4) is 50.2 Å². The van der Waals surface area contributed by atoms with E-state index in [0.29, 0.717) is 0 Å². The summed E-state index contributed by atoms with van der Waals surface area (Å²) in [5, 5.41) is 4.81. The van der Waals surface area contributed by atoms with E-state index in [0.717, 1.165) is 44.9 Å². The molecule has 75 heavy (non-hydrogen) atoms. The van der Waals surface area contributed by atoms with Crippen molar-refractivity contribution in [3.63, 3.8) is 0 Å². The number of hydrogen-bond donors (Lipinski definition) is 0. The molecule has 15 rings (SSSR count). The Kier molecular flexibility index (Phi) is 9.44. The Morgan fingerprint density at radius 2 is 0.880 bits per heavy atom. The highest BCUT2D eigenvalue weighted by atomic mass is 19.1. The van der Waals surface area contributed by atoms with Gasteiger partial charge in [-0.3, -0.25) is 0 Å². The van der Waals surface area contributed by atoms with E-state index in [4.69, 9.17) is 0 Å². The molecule has 0 saturated heterocycles. The predicted octanol–water partition coefficient (Wildman–Crippen LogP) is 19.0. The summed E-state index contributed by atoms with van der Waals surface area (Å²) in [6, 6.07) is 94.8. The van der Waals surface area contributed by atoms with Gasteiger partial charge in [0.2, 0.25) is 0 Å². The average Bonchev–Trinajstić information content (AvgIpc) is 4.17. The number of fused-ring (bicyclic) bond motifs is 6. The van der Waals surface area contributed by atoms with Crippen LogP contribution in [0.25, 0.3) is 82.8 Å². The highest BCUT2D eigenvalue weighted by molar-refractivity contribution is 6.25. The summed E-state index contributed by atoms with van der Waals surface area (Å²) in [6.07, 6.45) is 0. The third-order valence-electron chi connectivity index (χ3n) is 16.7. The Morgan fingerprint density at radius 1 is 0.347 bits per heavy atom. The molecule has 12 aromatic carbocycles. The number of benzene rings is 12. The van der Waals surface area contributed by atoms with Gasteiger partial charge in [0, 0.05) is 38.9 Å². The molecule has 1 aromatic heterocycles. The van der Waals surface area contributed by atoms with Crippen LogP contribution in [0.3, 0.4) is 0 Å². The summed E-state index contributed by atoms with van der Waals surface area (Å²) < 4.78 is 16.8. The van der Waals surface area contributed by atoms with Crippen LogP contribution in [-0.2, 0) is 10.8 Å². The second-order valence-corrected chi connectivity index (χ2v) is 21.0. The number of hydrogen-bond acceptors (Lipinski definition) is 1. The smallest absolute Gasteiger partial charge is 0.123 e. The van der Waals surface area contributed by atoms with Crippen LogP contribution >= 0.6 is 0 Å². The van der Waals surface area contributed by atoms with Crippen molar-refractivity contribution in [1.82, 2.24) is 4.57 Å². The zero-order valence-electron chi connectivity index (χ0n) is 41.6. The Hall–Kier alpha value is -9.31. The molecule has 0 spiro atoms. The van der Waals surface area contributed by atoms with Gasteiger partial charge in [-0.05, 0) is 174 Å². The molecular formula is C72H49FN2. The second kappa shape index (κ2) is 16.3. The van der Waals surface area contributed by atoms with E-state index in [1.807, 2.05) is 12.1 Å². The summed E-state index contributed by atoms with van der Waals surface area (Å²) in [4.78, 5) is 2.46. The average molecular weight is 961 g/mol. The van der Waals surface area contributed by atoms with E-state index in [1.54, 1.807) is 12.1 Å². The molecule has 0 fully saturated rings. The van der Waals surface area contributed by atoms with E-state index in [1.165, 1.54) is 88.3 Å². The zero-order chi connectivity index (χ0) is 50.0. The molecular weight excluding hydrogens is 912 g/mol. The first kappa shape index (κ1) is 43.3. The largest absolute Gasteiger partial charge is 0.310 e. The maximum Gasteiger partial charge on any atom is 0.123 e. The third-order valence-corrected chi connectivity index (χ3v) is 16.7. The molecule has 0 N–H and O–H groups in total. The van der Waals surface area contributed by atoms with Crippen molar-refractivity contribution < 1.29 is 4.39 Å². The van der Waals surface area contributed by atoms with Crippen molar-refractivity contribution >= 4 is 49.6 Å². The molecule has 1 heterocycles. The van der Waals surface area contributed by atoms with Crippen LogP contribution in [0, 0.1) is 5.82 Å². The van der Waals surface area contributed by atoms with E-state index in [2.05, 4.69) is 260 Å². The Morgan fingerprint density at radius 3 is 1.59 bits per heavy atom. The van der Waals surface area contributed by atoms with E-state index in [-0.39, 0.29) is 11.2 Å². The minimum atomic E-state index is -0.681. The third kappa shape index (κ3) is 6.38. The molecule has 0 bridgehead atoms. The number of nitrogens with zero attached hydrogens (tertiary/aromatic N) is 2. The lowest BCUT2D eigenvalue weighted by atomic mass is 9.67. The Labute approximate surface area is 436 Å². The summed E-state index contributed by atoms with van der Waals surface area (Å²) in [5.41, 5.74) is 22.8.